The van der Waals surface area contributed by atoms with Crippen molar-refractivity contribution in [2.75, 3.05) is 21.7 Å². The Hall–Kier alpha value is -4.13. The largest absolute Gasteiger partial charge is 0.368 e. The molecule has 10 nitrogen and oxygen atoms in total. The molecule has 1 amide bonds. The van der Waals surface area contributed by atoms with Crippen LogP contribution in [0.5, 0.6) is 0 Å². The summed E-state index contributed by atoms with van der Waals surface area (Å²) in [5, 5.41) is 22.1. The fraction of sp³-hybridized carbons (Fsp3) is 0.211. The molecule has 3 aromatic rings. The van der Waals surface area contributed by atoms with E-state index in [0.29, 0.717) is 22.9 Å². The monoisotopic (exact) mass is 392 g/mol. The highest BCUT2D eigenvalue weighted by Crippen LogP contribution is 2.27. The van der Waals surface area contributed by atoms with Crippen molar-refractivity contribution < 1.29 is 9.32 Å². The van der Waals surface area contributed by atoms with Gasteiger partial charge in [0.05, 0.1) is 0 Å². The molecule has 0 radical (unpaired) electrons. The van der Waals surface area contributed by atoms with Gasteiger partial charge in [-0.15, -0.1) is 0 Å². The first-order chi connectivity index (χ1) is 13.9. The maximum Gasteiger partial charge on any atom is 0.256 e. The number of nitrogens with two attached hydrogens (primary N) is 1. The Bertz CT molecular complexity index is 1070. The lowest BCUT2D eigenvalue weighted by molar-refractivity contribution is 0.102. The van der Waals surface area contributed by atoms with Crippen LogP contribution in [0.15, 0.2) is 35.1 Å². The third-order valence-corrected chi connectivity index (χ3v) is 3.90. The molecule has 2 heterocycles. The molecule has 0 atom stereocenters. The van der Waals surface area contributed by atoms with Crippen LogP contribution in [0.2, 0.25) is 0 Å². The molecule has 2 aromatic heterocycles. The minimum absolute atomic E-state index is 0.0206. The molecule has 1 aromatic carbocycles. The van der Waals surface area contributed by atoms with Crippen LogP contribution in [0.3, 0.4) is 0 Å². The van der Waals surface area contributed by atoms with Crippen LogP contribution in [0.1, 0.15) is 35.3 Å². The number of benzene rings is 1. The summed E-state index contributed by atoms with van der Waals surface area (Å²) in [5.74, 6) is 0.569. The summed E-state index contributed by atoms with van der Waals surface area (Å²) in [5.41, 5.74) is 7.88. The average molecular weight is 392 g/mol. The second-order valence-corrected chi connectivity index (χ2v) is 6.56. The number of rotatable bonds is 6. The first-order valence-electron chi connectivity index (χ1n) is 8.81. The second kappa shape index (κ2) is 8.26. The molecule has 0 bridgehead atoms. The van der Waals surface area contributed by atoms with E-state index in [1.165, 1.54) is 12.3 Å². The van der Waals surface area contributed by atoms with E-state index in [9.17, 15) is 10.1 Å². The van der Waals surface area contributed by atoms with E-state index in [1.54, 1.807) is 18.2 Å². The molecule has 0 fully saturated rings. The van der Waals surface area contributed by atoms with E-state index >= 15 is 0 Å². The van der Waals surface area contributed by atoms with Crippen LogP contribution in [0, 0.1) is 18.3 Å². The molecular weight excluding hydrogens is 372 g/mol. The molecule has 10 heteroatoms. The van der Waals surface area contributed by atoms with Crippen molar-refractivity contribution in [2.24, 2.45) is 0 Å². The number of nitriles is 1. The lowest BCUT2D eigenvalue weighted by Crippen LogP contribution is -2.15. The summed E-state index contributed by atoms with van der Waals surface area (Å²) in [4.78, 5) is 20.7. The number of anilines is 5. The molecule has 0 aliphatic carbocycles. The van der Waals surface area contributed by atoms with Gasteiger partial charge < -0.3 is 26.2 Å². The van der Waals surface area contributed by atoms with Gasteiger partial charge in [0.15, 0.2) is 17.5 Å². The quantitative estimate of drug-likeness (QED) is 0.495. The maximum atomic E-state index is 12.5. The molecule has 5 N–H and O–H groups in total. The van der Waals surface area contributed by atoms with Gasteiger partial charge in [-0.2, -0.15) is 15.2 Å². The maximum absolute atomic E-state index is 12.5. The third kappa shape index (κ3) is 4.59. The highest BCUT2D eigenvalue weighted by atomic mass is 16.5. The van der Waals surface area contributed by atoms with Gasteiger partial charge in [-0.05, 0) is 38.5 Å². The van der Waals surface area contributed by atoms with Gasteiger partial charge in [0.25, 0.3) is 5.91 Å². The predicted octanol–water partition coefficient (Wildman–Crippen LogP) is 3.04. The molecule has 3 rings (SSSR count). The highest BCUT2D eigenvalue weighted by Gasteiger charge is 2.16. The molecule has 0 aliphatic rings. The number of nitrogens with one attached hydrogen (secondary N) is 3. The number of carbonyl (C=O) groups is 1. The van der Waals surface area contributed by atoms with Crippen LogP contribution in [-0.4, -0.2) is 27.1 Å². The average Bonchev–Trinajstić information content (AvgIpc) is 3.16. The first kappa shape index (κ1) is 19.6. The first-order valence-corrected chi connectivity index (χ1v) is 8.81. The Kier molecular flexibility index (Phi) is 5.59. The van der Waals surface area contributed by atoms with E-state index in [2.05, 4.69) is 37.1 Å². The zero-order valence-electron chi connectivity index (χ0n) is 16.1. The molecule has 0 unspecified atom stereocenters. The van der Waals surface area contributed by atoms with Gasteiger partial charge in [-0.25, -0.2) is 0 Å². The van der Waals surface area contributed by atoms with Crippen molar-refractivity contribution in [1.82, 2.24) is 15.1 Å². The van der Waals surface area contributed by atoms with Crippen molar-refractivity contribution in [1.29, 1.82) is 5.26 Å². The number of nitrogen functional groups attached to an aromatic ring is 1. The number of amides is 1. The molecule has 0 saturated heterocycles. The Morgan fingerprint density at radius 3 is 2.66 bits per heavy atom. The van der Waals surface area contributed by atoms with Crippen LogP contribution < -0.4 is 21.7 Å². The van der Waals surface area contributed by atoms with E-state index in [4.69, 9.17) is 10.3 Å². The standard InChI is InChI=1S/C19H20N8O2/c1-10(2)22-16-13(9-20)17(26-19(21)25-16)23-14-8-12(5-4-11(14)3)18(28)24-15-6-7-29-27-15/h4-8,10H,1-3H3,(H,24,27,28)(H4,21,22,23,25,26). The van der Waals surface area contributed by atoms with Crippen LogP contribution in [-0.2, 0) is 0 Å². The zero-order chi connectivity index (χ0) is 21.0. The van der Waals surface area contributed by atoms with E-state index in [1.807, 2.05) is 20.8 Å². The molecule has 0 saturated carbocycles. The molecular formula is C19H20N8O2. The minimum atomic E-state index is -0.355. The number of hydrogen-bond donors (Lipinski definition) is 4. The lowest BCUT2D eigenvalue weighted by Gasteiger charge is -2.16. The Morgan fingerprint density at radius 1 is 1.24 bits per heavy atom. The number of aryl methyl sites for hydroxylation is 1. The van der Waals surface area contributed by atoms with Gasteiger partial charge in [-0.1, -0.05) is 11.2 Å². The summed E-state index contributed by atoms with van der Waals surface area (Å²) < 4.78 is 4.71. The third-order valence-electron chi connectivity index (χ3n) is 3.90. The SMILES string of the molecule is Cc1ccc(C(=O)Nc2ccon2)cc1Nc1nc(N)nc(NC(C)C)c1C#N. The van der Waals surface area contributed by atoms with Gasteiger partial charge in [0.2, 0.25) is 5.95 Å². The Balaban J connectivity index is 1.93. The van der Waals surface area contributed by atoms with Crippen LogP contribution in [0.25, 0.3) is 0 Å². The number of nitrogens with zero attached hydrogens (tertiary/aromatic N) is 4. The molecule has 0 aliphatic heterocycles. The van der Waals surface area contributed by atoms with Crippen molar-refractivity contribution in [3.8, 4) is 6.07 Å². The van der Waals surface area contributed by atoms with Crippen molar-refractivity contribution in [3.05, 3.63) is 47.2 Å². The second-order valence-electron chi connectivity index (χ2n) is 6.56. The van der Waals surface area contributed by atoms with E-state index < -0.39 is 0 Å². The summed E-state index contributed by atoms with van der Waals surface area (Å²) in [7, 11) is 0. The minimum Gasteiger partial charge on any atom is -0.368 e. The van der Waals surface area contributed by atoms with Gasteiger partial charge in [-0.3, -0.25) is 4.79 Å². The van der Waals surface area contributed by atoms with Crippen molar-refractivity contribution in [3.63, 3.8) is 0 Å². The smallest absolute Gasteiger partial charge is 0.256 e. The van der Waals surface area contributed by atoms with Gasteiger partial charge in [0, 0.05) is 23.4 Å². The number of aromatic nitrogens is 3. The molecule has 29 heavy (non-hydrogen) atoms. The predicted molar refractivity (Wildman–Crippen MR) is 109 cm³/mol. The Morgan fingerprint density at radius 2 is 2.00 bits per heavy atom. The zero-order valence-corrected chi connectivity index (χ0v) is 16.1. The van der Waals surface area contributed by atoms with Gasteiger partial charge in [0.1, 0.15) is 17.9 Å². The summed E-state index contributed by atoms with van der Waals surface area (Å²) in [6, 6.07) is 8.81. The lowest BCUT2D eigenvalue weighted by atomic mass is 10.1. The number of carbonyl (C=O) groups excluding carboxylic acids is 1. The Labute approximate surface area is 167 Å². The topological polar surface area (TPSA) is 155 Å². The normalized spacial score (nSPS) is 10.4. The van der Waals surface area contributed by atoms with Crippen molar-refractivity contribution in [2.45, 2.75) is 26.8 Å². The summed E-state index contributed by atoms with van der Waals surface area (Å²) in [6.45, 7) is 5.72. The van der Waals surface area contributed by atoms with Crippen LogP contribution in [0.4, 0.5) is 29.1 Å². The number of hydrogen-bond acceptors (Lipinski definition) is 9. The van der Waals surface area contributed by atoms with Crippen molar-refractivity contribution >= 4 is 35.0 Å². The van der Waals surface area contributed by atoms with Crippen LogP contribution >= 0.6 is 0 Å². The van der Waals surface area contributed by atoms with E-state index in [0.717, 1.165) is 5.56 Å². The van der Waals surface area contributed by atoms with Gasteiger partial charge >= 0.3 is 0 Å². The van der Waals surface area contributed by atoms with E-state index in [-0.39, 0.29) is 29.3 Å². The molecule has 0 spiro atoms. The summed E-state index contributed by atoms with van der Waals surface area (Å²) in [6.07, 6.45) is 1.36. The molecule has 148 valence electrons. The summed E-state index contributed by atoms with van der Waals surface area (Å²) >= 11 is 0. The fourth-order valence-electron chi connectivity index (χ4n) is 2.54. The highest BCUT2D eigenvalue weighted by molar-refractivity contribution is 6.04. The fourth-order valence-corrected chi connectivity index (χ4v) is 2.54.